The second-order valence-electron chi connectivity index (χ2n) is 4.58. The quantitative estimate of drug-likeness (QED) is 0.337. The molecule has 0 bridgehead atoms. The molecule has 0 fully saturated rings. The number of hydrogen-bond donors (Lipinski definition) is 2. The Labute approximate surface area is 139 Å². The van der Waals surface area contributed by atoms with Crippen molar-refractivity contribution in [2.45, 2.75) is 19.9 Å². The highest BCUT2D eigenvalue weighted by Crippen LogP contribution is 2.27. The summed E-state index contributed by atoms with van der Waals surface area (Å²) >= 11 is 2.16. The summed E-state index contributed by atoms with van der Waals surface area (Å²) in [7, 11) is 0. The third kappa shape index (κ3) is 3.93. The van der Waals surface area contributed by atoms with Crippen molar-refractivity contribution in [1.82, 2.24) is 9.78 Å². The molecule has 0 aliphatic carbocycles. The summed E-state index contributed by atoms with van der Waals surface area (Å²) in [5.41, 5.74) is 0.799. The Bertz CT molecular complexity index is 709. The third-order valence-electron chi connectivity index (χ3n) is 2.92. The molecule has 1 aromatic carbocycles. The standard InChI is InChI=1S/C13H13IN4O4/c1-8-10(14)7-17(16-8)5-4-13(20)15-11-3-2-9(18(21)22)6-12(11)19/h2-3,6-7,19H,4-5H2,1H3,(H,15,20). The number of phenolic OH excluding ortho intramolecular Hbond substituents is 1. The largest absolute Gasteiger partial charge is 0.506 e. The number of nitrogens with one attached hydrogen (secondary N) is 1. The molecule has 116 valence electrons. The highest BCUT2D eigenvalue weighted by Gasteiger charge is 2.12. The number of nitro benzene ring substituents is 1. The monoisotopic (exact) mass is 416 g/mol. The summed E-state index contributed by atoms with van der Waals surface area (Å²) in [6.45, 7) is 2.29. The van der Waals surface area contributed by atoms with Crippen molar-refractivity contribution in [2.24, 2.45) is 0 Å². The summed E-state index contributed by atoms with van der Waals surface area (Å²) < 4.78 is 2.69. The van der Waals surface area contributed by atoms with Crippen molar-refractivity contribution in [3.63, 3.8) is 0 Å². The van der Waals surface area contributed by atoms with Crippen LogP contribution in [0.25, 0.3) is 0 Å². The maximum Gasteiger partial charge on any atom is 0.273 e. The lowest BCUT2D eigenvalue weighted by atomic mass is 10.2. The molecule has 8 nitrogen and oxygen atoms in total. The van der Waals surface area contributed by atoms with Crippen LogP contribution < -0.4 is 5.32 Å². The van der Waals surface area contributed by atoms with E-state index in [9.17, 15) is 20.0 Å². The Morgan fingerprint density at radius 3 is 2.82 bits per heavy atom. The van der Waals surface area contributed by atoms with Crippen LogP contribution in [-0.4, -0.2) is 25.7 Å². The van der Waals surface area contributed by atoms with E-state index in [1.807, 2.05) is 13.1 Å². The number of carbonyl (C=O) groups is 1. The van der Waals surface area contributed by atoms with Crippen LogP contribution in [0.5, 0.6) is 5.75 Å². The van der Waals surface area contributed by atoms with Gasteiger partial charge in [0.25, 0.3) is 5.69 Å². The minimum atomic E-state index is -0.618. The average Bonchev–Trinajstić information content (AvgIpc) is 2.77. The van der Waals surface area contributed by atoms with Crippen LogP contribution >= 0.6 is 22.6 Å². The molecule has 0 radical (unpaired) electrons. The first-order valence-corrected chi connectivity index (χ1v) is 7.41. The fraction of sp³-hybridized carbons (Fsp3) is 0.231. The number of nitro groups is 1. The number of aryl methyl sites for hydroxylation is 2. The second kappa shape index (κ2) is 6.73. The number of nitrogens with zero attached hydrogens (tertiary/aromatic N) is 3. The van der Waals surface area contributed by atoms with Gasteiger partial charge in [-0.3, -0.25) is 19.6 Å². The number of non-ortho nitro benzene ring substituents is 1. The van der Waals surface area contributed by atoms with Crippen molar-refractivity contribution in [2.75, 3.05) is 5.32 Å². The number of aromatic hydroxyl groups is 1. The molecule has 0 atom stereocenters. The van der Waals surface area contributed by atoms with Crippen molar-refractivity contribution in [3.8, 4) is 5.75 Å². The molecule has 0 saturated carbocycles. The molecule has 2 rings (SSSR count). The van der Waals surface area contributed by atoms with Crippen LogP contribution in [0.3, 0.4) is 0 Å². The number of carbonyl (C=O) groups excluding carboxylic acids is 1. The van der Waals surface area contributed by atoms with Crippen LogP contribution in [0.1, 0.15) is 12.1 Å². The van der Waals surface area contributed by atoms with E-state index in [2.05, 4.69) is 33.0 Å². The molecule has 2 N–H and O–H groups in total. The van der Waals surface area contributed by atoms with Crippen LogP contribution in [0.2, 0.25) is 0 Å². The Kier molecular flexibility index (Phi) is 4.96. The third-order valence-corrected chi connectivity index (χ3v) is 3.98. The molecule has 0 aliphatic rings. The van der Waals surface area contributed by atoms with Crippen molar-refractivity contribution in [1.29, 1.82) is 0 Å². The molecular formula is C13H13IN4O4. The minimum Gasteiger partial charge on any atom is -0.506 e. The van der Waals surface area contributed by atoms with E-state index in [-0.39, 0.29) is 29.5 Å². The van der Waals surface area contributed by atoms with E-state index in [1.165, 1.54) is 12.1 Å². The lowest BCUT2D eigenvalue weighted by Gasteiger charge is -2.07. The summed E-state index contributed by atoms with van der Waals surface area (Å²) in [5.74, 6) is -0.653. The number of phenols is 1. The number of anilines is 1. The van der Waals surface area contributed by atoms with Gasteiger partial charge in [-0.2, -0.15) is 5.10 Å². The number of amides is 1. The molecule has 0 aliphatic heterocycles. The highest BCUT2D eigenvalue weighted by atomic mass is 127. The van der Waals surface area contributed by atoms with E-state index in [1.54, 1.807) is 4.68 Å². The average molecular weight is 416 g/mol. The Hall–Kier alpha value is -2.17. The van der Waals surface area contributed by atoms with Crippen molar-refractivity contribution in [3.05, 3.63) is 43.8 Å². The molecule has 0 spiro atoms. The fourth-order valence-electron chi connectivity index (χ4n) is 1.78. The van der Waals surface area contributed by atoms with Crippen LogP contribution in [-0.2, 0) is 11.3 Å². The zero-order valence-corrected chi connectivity index (χ0v) is 13.8. The smallest absolute Gasteiger partial charge is 0.273 e. The lowest BCUT2D eigenvalue weighted by molar-refractivity contribution is -0.384. The number of aromatic nitrogens is 2. The molecule has 2 aromatic rings. The van der Waals surface area contributed by atoms with Crippen molar-refractivity contribution < 1.29 is 14.8 Å². The molecule has 1 amide bonds. The van der Waals surface area contributed by atoms with E-state index < -0.39 is 4.92 Å². The number of benzene rings is 1. The van der Waals surface area contributed by atoms with Gasteiger partial charge in [-0.05, 0) is 35.6 Å². The Morgan fingerprint density at radius 2 is 2.27 bits per heavy atom. The predicted molar refractivity (Wildman–Crippen MR) is 87.7 cm³/mol. The van der Waals surface area contributed by atoms with Gasteiger partial charge in [-0.15, -0.1) is 0 Å². The molecule has 1 aromatic heterocycles. The minimum absolute atomic E-state index is 0.141. The molecule has 22 heavy (non-hydrogen) atoms. The zero-order chi connectivity index (χ0) is 16.3. The van der Waals surface area contributed by atoms with Crippen LogP contribution in [0.15, 0.2) is 24.4 Å². The Balaban J connectivity index is 1.96. The molecule has 0 saturated heterocycles. The Morgan fingerprint density at radius 1 is 1.55 bits per heavy atom. The number of hydrogen-bond acceptors (Lipinski definition) is 5. The molecule has 0 unspecified atom stereocenters. The van der Waals surface area contributed by atoms with Gasteiger partial charge >= 0.3 is 0 Å². The van der Waals surface area contributed by atoms with Gasteiger partial charge in [-0.25, -0.2) is 0 Å². The number of rotatable bonds is 5. The van der Waals surface area contributed by atoms with E-state index in [0.717, 1.165) is 15.3 Å². The van der Waals surface area contributed by atoms with Gasteiger partial charge in [-0.1, -0.05) is 0 Å². The first kappa shape index (κ1) is 16.2. The first-order valence-electron chi connectivity index (χ1n) is 6.33. The van der Waals surface area contributed by atoms with E-state index >= 15 is 0 Å². The summed E-state index contributed by atoms with van der Waals surface area (Å²) in [6, 6.07) is 3.51. The normalized spacial score (nSPS) is 10.5. The predicted octanol–water partition coefficient (Wildman–Crippen LogP) is 2.44. The summed E-state index contributed by atoms with van der Waals surface area (Å²) in [5, 5.41) is 27.0. The molecule has 1 heterocycles. The maximum absolute atomic E-state index is 11.8. The van der Waals surface area contributed by atoms with Crippen molar-refractivity contribution >= 4 is 39.9 Å². The fourth-order valence-corrected chi connectivity index (χ4v) is 2.21. The SMILES string of the molecule is Cc1nn(CCC(=O)Nc2ccc([N+](=O)[O-])cc2O)cc1I. The van der Waals surface area contributed by atoms with Gasteiger partial charge < -0.3 is 10.4 Å². The van der Waals surface area contributed by atoms with Crippen LogP contribution in [0.4, 0.5) is 11.4 Å². The van der Waals surface area contributed by atoms with E-state index in [4.69, 9.17) is 0 Å². The summed E-state index contributed by atoms with van der Waals surface area (Å²) in [6.07, 6.45) is 2.01. The maximum atomic E-state index is 11.8. The highest BCUT2D eigenvalue weighted by molar-refractivity contribution is 14.1. The van der Waals surface area contributed by atoms with Gasteiger partial charge in [0.1, 0.15) is 5.75 Å². The van der Waals surface area contributed by atoms with E-state index in [0.29, 0.717) is 6.54 Å². The second-order valence-corrected chi connectivity index (χ2v) is 5.74. The zero-order valence-electron chi connectivity index (χ0n) is 11.6. The molecular weight excluding hydrogens is 403 g/mol. The van der Waals surface area contributed by atoms with Gasteiger partial charge in [0.15, 0.2) is 0 Å². The van der Waals surface area contributed by atoms with Gasteiger partial charge in [0, 0.05) is 25.2 Å². The number of halogens is 1. The topological polar surface area (TPSA) is 110 Å². The van der Waals surface area contributed by atoms with Crippen LogP contribution in [0, 0.1) is 20.6 Å². The lowest BCUT2D eigenvalue weighted by Crippen LogP contribution is -2.15. The first-order chi connectivity index (χ1) is 10.4. The van der Waals surface area contributed by atoms with Gasteiger partial charge in [0.05, 0.1) is 25.9 Å². The molecule has 9 heteroatoms. The van der Waals surface area contributed by atoms with Gasteiger partial charge in [0.2, 0.25) is 5.91 Å². The summed E-state index contributed by atoms with van der Waals surface area (Å²) in [4.78, 5) is 21.8.